The number of carbonyl (C=O) groups is 1. The molecule has 1 amide bonds. The molecule has 1 rings (SSSR count). The van der Waals surface area contributed by atoms with Gasteiger partial charge >= 0.3 is 0 Å². The standard InChI is InChI=1S/C14H23N3O/c1-4-6-9-17(5-2)13-8-7-11(10-12(13)15)14(18)16-3/h7-8,10H,4-6,9,15H2,1-3H3,(H,16,18). The largest absolute Gasteiger partial charge is 0.397 e. The van der Waals surface area contributed by atoms with E-state index in [4.69, 9.17) is 5.73 Å². The van der Waals surface area contributed by atoms with E-state index in [1.54, 1.807) is 13.1 Å². The SMILES string of the molecule is CCCCN(CC)c1ccc(C(=O)NC)cc1N. The summed E-state index contributed by atoms with van der Waals surface area (Å²) in [6.07, 6.45) is 2.30. The number of carbonyl (C=O) groups excluding carboxylic acids is 1. The summed E-state index contributed by atoms with van der Waals surface area (Å²) >= 11 is 0. The Bertz CT molecular complexity index is 404. The van der Waals surface area contributed by atoms with E-state index in [1.807, 2.05) is 12.1 Å². The number of rotatable bonds is 6. The Morgan fingerprint density at radius 3 is 2.61 bits per heavy atom. The third kappa shape index (κ3) is 3.39. The van der Waals surface area contributed by atoms with Gasteiger partial charge in [0.1, 0.15) is 0 Å². The summed E-state index contributed by atoms with van der Waals surface area (Å²) in [6, 6.07) is 5.49. The molecule has 0 heterocycles. The molecule has 0 aromatic heterocycles. The number of amides is 1. The minimum absolute atomic E-state index is 0.107. The fraction of sp³-hybridized carbons (Fsp3) is 0.500. The van der Waals surface area contributed by atoms with Crippen LogP contribution in [-0.2, 0) is 0 Å². The number of nitrogens with two attached hydrogens (primary N) is 1. The van der Waals surface area contributed by atoms with Gasteiger partial charge in [-0.25, -0.2) is 0 Å². The molecule has 4 heteroatoms. The van der Waals surface area contributed by atoms with Gasteiger partial charge in [-0.05, 0) is 31.5 Å². The molecular formula is C14H23N3O. The first-order valence-electron chi connectivity index (χ1n) is 6.50. The van der Waals surface area contributed by atoms with Crippen molar-refractivity contribution in [1.82, 2.24) is 5.32 Å². The molecule has 0 radical (unpaired) electrons. The number of nitrogen functional groups attached to an aromatic ring is 1. The Morgan fingerprint density at radius 1 is 1.39 bits per heavy atom. The topological polar surface area (TPSA) is 58.4 Å². The van der Waals surface area contributed by atoms with Crippen LogP contribution in [0, 0.1) is 0 Å². The van der Waals surface area contributed by atoms with Gasteiger partial charge in [-0.3, -0.25) is 4.79 Å². The first kappa shape index (κ1) is 14.4. The van der Waals surface area contributed by atoms with Gasteiger partial charge in [0.25, 0.3) is 5.91 Å². The maximum Gasteiger partial charge on any atom is 0.251 e. The summed E-state index contributed by atoms with van der Waals surface area (Å²) in [4.78, 5) is 13.8. The van der Waals surface area contributed by atoms with Crippen molar-refractivity contribution in [2.24, 2.45) is 0 Å². The number of nitrogens with zero attached hydrogens (tertiary/aromatic N) is 1. The van der Waals surface area contributed by atoms with Crippen molar-refractivity contribution in [1.29, 1.82) is 0 Å². The van der Waals surface area contributed by atoms with Crippen molar-refractivity contribution in [3.63, 3.8) is 0 Å². The van der Waals surface area contributed by atoms with Crippen molar-refractivity contribution in [3.05, 3.63) is 23.8 Å². The number of anilines is 2. The van der Waals surface area contributed by atoms with Crippen LogP contribution < -0.4 is 16.0 Å². The molecule has 4 nitrogen and oxygen atoms in total. The van der Waals surface area contributed by atoms with E-state index in [-0.39, 0.29) is 5.91 Å². The number of hydrogen-bond donors (Lipinski definition) is 2. The zero-order valence-corrected chi connectivity index (χ0v) is 11.5. The number of benzene rings is 1. The maximum absolute atomic E-state index is 11.5. The minimum Gasteiger partial charge on any atom is -0.397 e. The van der Waals surface area contributed by atoms with Crippen LogP contribution in [0.5, 0.6) is 0 Å². The molecule has 0 aliphatic heterocycles. The lowest BCUT2D eigenvalue weighted by Crippen LogP contribution is -2.25. The highest BCUT2D eigenvalue weighted by atomic mass is 16.1. The van der Waals surface area contributed by atoms with Crippen molar-refractivity contribution < 1.29 is 4.79 Å². The molecule has 0 unspecified atom stereocenters. The van der Waals surface area contributed by atoms with Crippen LogP contribution in [0.25, 0.3) is 0 Å². The van der Waals surface area contributed by atoms with E-state index >= 15 is 0 Å². The molecule has 18 heavy (non-hydrogen) atoms. The fourth-order valence-corrected chi connectivity index (χ4v) is 1.93. The van der Waals surface area contributed by atoms with E-state index in [0.717, 1.165) is 31.6 Å². The molecule has 1 aromatic carbocycles. The van der Waals surface area contributed by atoms with Gasteiger partial charge in [0, 0.05) is 25.7 Å². The Morgan fingerprint density at radius 2 is 2.11 bits per heavy atom. The Labute approximate surface area is 109 Å². The van der Waals surface area contributed by atoms with Crippen LogP contribution in [0.4, 0.5) is 11.4 Å². The molecule has 0 atom stereocenters. The Kier molecular flexibility index (Phi) is 5.49. The monoisotopic (exact) mass is 249 g/mol. The summed E-state index contributed by atoms with van der Waals surface area (Å²) in [6.45, 7) is 6.20. The van der Waals surface area contributed by atoms with E-state index in [1.165, 1.54) is 0 Å². The summed E-state index contributed by atoms with van der Waals surface area (Å²) in [5.41, 5.74) is 8.32. The lowest BCUT2D eigenvalue weighted by atomic mass is 10.1. The lowest BCUT2D eigenvalue weighted by Gasteiger charge is -2.24. The van der Waals surface area contributed by atoms with Gasteiger partial charge in [-0.2, -0.15) is 0 Å². The van der Waals surface area contributed by atoms with Crippen LogP contribution in [0.1, 0.15) is 37.0 Å². The first-order valence-corrected chi connectivity index (χ1v) is 6.50. The second-order valence-corrected chi connectivity index (χ2v) is 4.29. The van der Waals surface area contributed by atoms with Crippen LogP contribution >= 0.6 is 0 Å². The van der Waals surface area contributed by atoms with Crippen molar-refractivity contribution in [2.45, 2.75) is 26.7 Å². The van der Waals surface area contributed by atoms with Crippen molar-refractivity contribution in [2.75, 3.05) is 30.8 Å². The highest BCUT2D eigenvalue weighted by molar-refractivity contribution is 5.96. The lowest BCUT2D eigenvalue weighted by molar-refractivity contribution is 0.0963. The molecule has 0 saturated carbocycles. The molecular weight excluding hydrogens is 226 g/mol. The third-order valence-electron chi connectivity index (χ3n) is 3.02. The highest BCUT2D eigenvalue weighted by Gasteiger charge is 2.10. The number of unbranched alkanes of at least 4 members (excludes halogenated alkanes) is 1. The molecule has 0 saturated heterocycles. The van der Waals surface area contributed by atoms with Gasteiger partial charge in [0.05, 0.1) is 11.4 Å². The predicted molar refractivity (Wildman–Crippen MR) is 77.0 cm³/mol. The molecule has 0 fully saturated rings. The van der Waals surface area contributed by atoms with Crippen LogP contribution in [-0.4, -0.2) is 26.0 Å². The van der Waals surface area contributed by atoms with E-state index in [9.17, 15) is 4.79 Å². The second-order valence-electron chi connectivity index (χ2n) is 4.29. The van der Waals surface area contributed by atoms with Crippen LogP contribution in [0.3, 0.4) is 0 Å². The van der Waals surface area contributed by atoms with E-state index in [2.05, 4.69) is 24.1 Å². The quantitative estimate of drug-likeness (QED) is 0.760. The highest BCUT2D eigenvalue weighted by Crippen LogP contribution is 2.24. The zero-order chi connectivity index (χ0) is 13.5. The summed E-state index contributed by atoms with van der Waals surface area (Å²) in [5.74, 6) is -0.107. The van der Waals surface area contributed by atoms with Crippen molar-refractivity contribution in [3.8, 4) is 0 Å². The molecule has 0 bridgehead atoms. The minimum atomic E-state index is -0.107. The van der Waals surface area contributed by atoms with E-state index in [0.29, 0.717) is 11.3 Å². The van der Waals surface area contributed by atoms with E-state index < -0.39 is 0 Å². The molecule has 0 aliphatic rings. The zero-order valence-electron chi connectivity index (χ0n) is 11.5. The summed E-state index contributed by atoms with van der Waals surface area (Å²) in [5, 5.41) is 2.60. The number of nitrogens with one attached hydrogen (secondary N) is 1. The van der Waals surface area contributed by atoms with Gasteiger partial charge in [0.2, 0.25) is 0 Å². The molecule has 3 N–H and O–H groups in total. The average Bonchev–Trinajstić information content (AvgIpc) is 2.40. The van der Waals surface area contributed by atoms with Crippen LogP contribution in [0.2, 0.25) is 0 Å². The van der Waals surface area contributed by atoms with Gasteiger partial charge in [-0.15, -0.1) is 0 Å². The summed E-state index contributed by atoms with van der Waals surface area (Å²) < 4.78 is 0. The first-order chi connectivity index (χ1) is 8.63. The third-order valence-corrected chi connectivity index (χ3v) is 3.02. The number of hydrogen-bond acceptors (Lipinski definition) is 3. The van der Waals surface area contributed by atoms with Gasteiger partial charge < -0.3 is 16.0 Å². The Hall–Kier alpha value is -1.71. The summed E-state index contributed by atoms with van der Waals surface area (Å²) in [7, 11) is 1.62. The predicted octanol–water partition coefficient (Wildman–Crippen LogP) is 2.25. The molecule has 0 aliphatic carbocycles. The Balaban J connectivity index is 2.92. The van der Waals surface area contributed by atoms with Crippen molar-refractivity contribution >= 4 is 17.3 Å². The smallest absolute Gasteiger partial charge is 0.251 e. The molecule has 0 spiro atoms. The maximum atomic E-state index is 11.5. The second kappa shape index (κ2) is 6.89. The average molecular weight is 249 g/mol. The van der Waals surface area contributed by atoms with Gasteiger partial charge in [0.15, 0.2) is 0 Å². The normalized spacial score (nSPS) is 10.2. The fourth-order valence-electron chi connectivity index (χ4n) is 1.93. The molecule has 1 aromatic rings. The van der Waals surface area contributed by atoms with Crippen LogP contribution in [0.15, 0.2) is 18.2 Å². The van der Waals surface area contributed by atoms with Gasteiger partial charge in [-0.1, -0.05) is 13.3 Å². The molecule has 100 valence electrons.